The third kappa shape index (κ3) is 4.52. The number of hydrogen-bond donors (Lipinski definition) is 2. The van der Waals surface area contributed by atoms with E-state index in [2.05, 4.69) is 33.0 Å². The molecule has 0 bridgehead atoms. The monoisotopic (exact) mass is 213 g/mol. The molecule has 2 atom stereocenters. The highest BCUT2D eigenvalue weighted by molar-refractivity contribution is 4.89. The third-order valence-corrected chi connectivity index (χ3v) is 3.27. The first-order valence-corrected chi connectivity index (χ1v) is 6.34. The van der Waals surface area contributed by atoms with Crippen molar-refractivity contribution in [1.82, 2.24) is 5.32 Å². The van der Waals surface area contributed by atoms with Crippen LogP contribution in [0.2, 0.25) is 0 Å². The summed E-state index contributed by atoms with van der Waals surface area (Å²) in [5.41, 5.74) is -0.452. The number of rotatable bonds is 4. The lowest BCUT2D eigenvalue weighted by Gasteiger charge is -2.39. The second kappa shape index (κ2) is 5.31. The number of nitrogens with one attached hydrogen (secondary N) is 1. The maximum absolute atomic E-state index is 10.5. The molecule has 2 nitrogen and oxygen atoms in total. The summed E-state index contributed by atoms with van der Waals surface area (Å²) in [6.07, 6.45) is 3.19. The molecular formula is C13H27NO. The first-order chi connectivity index (χ1) is 6.91. The molecule has 2 heteroatoms. The summed E-state index contributed by atoms with van der Waals surface area (Å²) in [4.78, 5) is 0. The molecule has 0 radical (unpaired) electrons. The van der Waals surface area contributed by atoms with E-state index in [0.29, 0.717) is 17.8 Å². The summed E-state index contributed by atoms with van der Waals surface area (Å²) < 4.78 is 0. The predicted octanol–water partition coefficient (Wildman–Crippen LogP) is 2.42. The second-order valence-electron chi connectivity index (χ2n) is 6.10. The molecule has 1 fully saturated rings. The zero-order valence-corrected chi connectivity index (χ0v) is 10.7. The van der Waals surface area contributed by atoms with E-state index in [1.807, 2.05) is 0 Å². The fourth-order valence-electron chi connectivity index (χ4n) is 2.97. The maximum atomic E-state index is 10.5. The summed E-state index contributed by atoms with van der Waals surface area (Å²) in [6, 6.07) is 0. The molecule has 15 heavy (non-hydrogen) atoms. The molecule has 0 heterocycles. The van der Waals surface area contributed by atoms with E-state index in [0.717, 1.165) is 25.9 Å². The lowest BCUT2D eigenvalue weighted by atomic mass is 9.74. The molecule has 1 rings (SSSR count). The second-order valence-corrected chi connectivity index (χ2v) is 6.10. The minimum absolute atomic E-state index is 0.452. The van der Waals surface area contributed by atoms with Gasteiger partial charge in [-0.05, 0) is 43.6 Å². The van der Waals surface area contributed by atoms with E-state index in [9.17, 15) is 5.11 Å². The van der Waals surface area contributed by atoms with Gasteiger partial charge in [-0.25, -0.2) is 0 Å². The van der Waals surface area contributed by atoms with Crippen LogP contribution in [0.1, 0.15) is 47.0 Å². The summed E-state index contributed by atoms with van der Waals surface area (Å²) in [5, 5.41) is 13.8. The van der Waals surface area contributed by atoms with Crippen LogP contribution < -0.4 is 5.32 Å². The van der Waals surface area contributed by atoms with Gasteiger partial charge in [-0.2, -0.15) is 0 Å². The third-order valence-electron chi connectivity index (χ3n) is 3.27. The van der Waals surface area contributed by atoms with Crippen molar-refractivity contribution in [2.45, 2.75) is 52.6 Å². The summed E-state index contributed by atoms with van der Waals surface area (Å²) >= 11 is 0. The number of hydrogen-bond acceptors (Lipinski definition) is 2. The standard InChI is InChI=1S/C13H27NO/c1-10(2)8-14-9-13(15)6-11(3)5-12(4)7-13/h10-12,14-15H,5-9H2,1-4H3. The molecule has 90 valence electrons. The molecule has 0 aromatic heterocycles. The predicted molar refractivity (Wildman–Crippen MR) is 64.8 cm³/mol. The minimum atomic E-state index is -0.452. The van der Waals surface area contributed by atoms with Gasteiger partial charge in [-0.15, -0.1) is 0 Å². The lowest BCUT2D eigenvalue weighted by Crippen LogP contribution is -2.46. The topological polar surface area (TPSA) is 32.3 Å². The van der Waals surface area contributed by atoms with Crippen LogP contribution in [-0.2, 0) is 0 Å². The summed E-state index contributed by atoms with van der Waals surface area (Å²) in [5.74, 6) is 1.99. The van der Waals surface area contributed by atoms with Crippen molar-refractivity contribution in [3.8, 4) is 0 Å². The van der Waals surface area contributed by atoms with Crippen LogP contribution in [0.25, 0.3) is 0 Å². The highest BCUT2D eigenvalue weighted by Crippen LogP contribution is 2.35. The van der Waals surface area contributed by atoms with Crippen LogP contribution in [0.5, 0.6) is 0 Å². The quantitative estimate of drug-likeness (QED) is 0.751. The number of aliphatic hydroxyl groups is 1. The van der Waals surface area contributed by atoms with E-state index in [-0.39, 0.29) is 0 Å². The van der Waals surface area contributed by atoms with E-state index in [4.69, 9.17) is 0 Å². The van der Waals surface area contributed by atoms with Crippen LogP contribution >= 0.6 is 0 Å². The van der Waals surface area contributed by atoms with Gasteiger partial charge in [0.1, 0.15) is 0 Å². The normalized spacial score (nSPS) is 37.2. The van der Waals surface area contributed by atoms with Gasteiger partial charge in [0.25, 0.3) is 0 Å². The molecular weight excluding hydrogens is 186 g/mol. The Bertz CT molecular complexity index is 181. The Kier molecular flexibility index (Phi) is 4.60. The van der Waals surface area contributed by atoms with Gasteiger partial charge in [0.05, 0.1) is 5.60 Å². The molecule has 0 aromatic rings. The van der Waals surface area contributed by atoms with Crippen molar-refractivity contribution in [1.29, 1.82) is 0 Å². The zero-order chi connectivity index (χ0) is 11.5. The van der Waals surface area contributed by atoms with E-state index < -0.39 is 5.60 Å². The SMILES string of the molecule is CC(C)CNCC1(O)CC(C)CC(C)C1. The molecule has 0 aromatic carbocycles. The van der Waals surface area contributed by atoms with Crippen molar-refractivity contribution in [3.05, 3.63) is 0 Å². The zero-order valence-electron chi connectivity index (χ0n) is 10.7. The van der Waals surface area contributed by atoms with Gasteiger partial charge < -0.3 is 10.4 Å². The average molecular weight is 213 g/mol. The molecule has 0 saturated heterocycles. The fraction of sp³-hybridized carbons (Fsp3) is 1.00. The summed E-state index contributed by atoms with van der Waals surface area (Å²) in [7, 11) is 0. The molecule has 1 aliphatic rings. The van der Waals surface area contributed by atoms with Crippen LogP contribution in [0.4, 0.5) is 0 Å². The first kappa shape index (κ1) is 13.0. The molecule has 0 spiro atoms. The van der Waals surface area contributed by atoms with E-state index in [1.165, 1.54) is 6.42 Å². The Morgan fingerprint density at radius 3 is 2.27 bits per heavy atom. The highest BCUT2D eigenvalue weighted by Gasteiger charge is 2.35. The van der Waals surface area contributed by atoms with Crippen LogP contribution in [-0.4, -0.2) is 23.8 Å². The van der Waals surface area contributed by atoms with Gasteiger partial charge in [-0.3, -0.25) is 0 Å². The maximum Gasteiger partial charge on any atom is 0.0776 e. The van der Waals surface area contributed by atoms with Crippen molar-refractivity contribution in [2.75, 3.05) is 13.1 Å². The molecule has 2 unspecified atom stereocenters. The smallest absolute Gasteiger partial charge is 0.0776 e. The molecule has 1 saturated carbocycles. The highest BCUT2D eigenvalue weighted by atomic mass is 16.3. The van der Waals surface area contributed by atoms with Crippen molar-refractivity contribution in [3.63, 3.8) is 0 Å². The van der Waals surface area contributed by atoms with E-state index >= 15 is 0 Å². The Balaban J connectivity index is 2.36. The van der Waals surface area contributed by atoms with Crippen molar-refractivity contribution >= 4 is 0 Å². The average Bonchev–Trinajstić information content (AvgIpc) is 1.98. The van der Waals surface area contributed by atoms with Gasteiger partial charge in [0.15, 0.2) is 0 Å². The van der Waals surface area contributed by atoms with Gasteiger partial charge in [-0.1, -0.05) is 27.7 Å². The lowest BCUT2D eigenvalue weighted by molar-refractivity contribution is -0.0298. The molecule has 0 amide bonds. The van der Waals surface area contributed by atoms with Crippen molar-refractivity contribution in [2.24, 2.45) is 17.8 Å². The Labute approximate surface area is 94.5 Å². The molecule has 1 aliphatic carbocycles. The van der Waals surface area contributed by atoms with Gasteiger partial charge in [0.2, 0.25) is 0 Å². The van der Waals surface area contributed by atoms with E-state index in [1.54, 1.807) is 0 Å². The largest absolute Gasteiger partial charge is 0.389 e. The Morgan fingerprint density at radius 1 is 1.27 bits per heavy atom. The minimum Gasteiger partial charge on any atom is -0.389 e. The Hall–Kier alpha value is -0.0800. The van der Waals surface area contributed by atoms with Crippen LogP contribution in [0.3, 0.4) is 0 Å². The van der Waals surface area contributed by atoms with Crippen LogP contribution in [0.15, 0.2) is 0 Å². The van der Waals surface area contributed by atoms with Crippen LogP contribution in [0, 0.1) is 17.8 Å². The van der Waals surface area contributed by atoms with Gasteiger partial charge in [0, 0.05) is 6.54 Å². The van der Waals surface area contributed by atoms with Crippen molar-refractivity contribution < 1.29 is 5.11 Å². The first-order valence-electron chi connectivity index (χ1n) is 6.34. The van der Waals surface area contributed by atoms with Gasteiger partial charge >= 0.3 is 0 Å². The Morgan fingerprint density at radius 2 is 1.80 bits per heavy atom. The summed E-state index contributed by atoms with van der Waals surface area (Å²) in [6.45, 7) is 10.7. The molecule has 0 aliphatic heterocycles. The molecule has 2 N–H and O–H groups in total. The fourth-order valence-corrected chi connectivity index (χ4v) is 2.97.